The van der Waals surface area contributed by atoms with Crippen molar-refractivity contribution in [3.63, 3.8) is 0 Å². The Morgan fingerprint density at radius 3 is 2.68 bits per heavy atom. The molecule has 0 saturated carbocycles. The van der Waals surface area contributed by atoms with Crippen LogP contribution >= 0.6 is 0 Å². The topological polar surface area (TPSA) is 24.9 Å². The monoisotopic (exact) mass is 268 g/mol. The van der Waals surface area contributed by atoms with E-state index in [1.807, 2.05) is 24.3 Å². The Morgan fingerprint density at radius 1 is 1.26 bits per heavy atom. The lowest BCUT2D eigenvalue weighted by atomic mass is 10.0. The van der Waals surface area contributed by atoms with Gasteiger partial charge in [-0.3, -0.25) is 4.98 Å². The van der Waals surface area contributed by atoms with Gasteiger partial charge < -0.3 is 5.32 Å². The minimum atomic E-state index is -4.20. The number of para-hydroxylation sites is 1. The van der Waals surface area contributed by atoms with Crippen LogP contribution in [0, 0.1) is 0 Å². The molecule has 2 nitrogen and oxygen atoms in total. The third-order valence-electron chi connectivity index (χ3n) is 2.90. The zero-order valence-corrected chi connectivity index (χ0v) is 10.5. The summed E-state index contributed by atoms with van der Waals surface area (Å²) in [4.78, 5) is 4.21. The second-order valence-electron chi connectivity index (χ2n) is 4.39. The summed E-state index contributed by atoms with van der Waals surface area (Å²) < 4.78 is 37.7. The maximum absolute atomic E-state index is 12.6. The summed E-state index contributed by atoms with van der Waals surface area (Å²) in [6, 6.07) is 8.41. The lowest BCUT2D eigenvalue weighted by Gasteiger charge is -2.20. The minimum absolute atomic E-state index is 0.480. The van der Waals surface area contributed by atoms with Gasteiger partial charge in [0.15, 0.2) is 0 Å². The minimum Gasteiger partial charge on any atom is -0.310 e. The number of aromatic nitrogens is 1. The van der Waals surface area contributed by atoms with Crippen molar-refractivity contribution in [3.05, 3.63) is 42.1 Å². The highest BCUT2D eigenvalue weighted by molar-refractivity contribution is 5.78. The summed E-state index contributed by atoms with van der Waals surface area (Å²) in [5.74, 6) is 0. The Balaban J connectivity index is 2.33. The fourth-order valence-corrected chi connectivity index (χ4v) is 2.06. The van der Waals surface area contributed by atoms with Gasteiger partial charge in [-0.1, -0.05) is 25.1 Å². The van der Waals surface area contributed by atoms with E-state index in [9.17, 15) is 13.2 Å². The molecule has 0 saturated heterocycles. The van der Waals surface area contributed by atoms with Crippen LogP contribution in [0.15, 0.2) is 36.5 Å². The number of pyridine rings is 1. The summed E-state index contributed by atoms with van der Waals surface area (Å²) in [5.41, 5.74) is 1.35. The van der Waals surface area contributed by atoms with E-state index in [1.54, 1.807) is 13.0 Å². The molecule has 1 N–H and O–H groups in total. The van der Waals surface area contributed by atoms with E-state index in [2.05, 4.69) is 10.3 Å². The molecular weight excluding hydrogens is 253 g/mol. The van der Waals surface area contributed by atoms with E-state index in [-0.39, 0.29) is 0 Å². The van der Waals surface area contributed by atoms with E-state index < -0.39 is 18.6 Å². The van der Waals surface area contributed by atoms with E-state index in [0.29, 0.717) is 12.1 Å². The maximum Gasteiger partial charge on any atom is 0.390 e. The summed E-state index contributed by atoms with van der Waals surface area (Å²) in [5, 5.41) is 3.71. The lowest BCUT2D eigenvalue weighted by molar-refractivity contribution is -0.140. The quantitative estimate of drug-likeness (QED) is 0.911. The van der Waals surface area contributed by atoms with Crippen LogP contribution in [-0.2, 0) is 0 Å². The Bertz CT molecular complexity index is 552. The first-order valence-corrected chi connectivity index (χ1v) is 6.14. The van der Waals surface area contributed by atoms with Crippen molar-refractivity contribution in [3.8, 4) is 0 Å². The Hall–Kier alpha value is -1.62. The van der Waals surface area contributed by atoms with Gasteiger partial charge in [0, 0.05) is 17.6 Å². The van der Waals surface area contributed by atoms with E-state index in [0.717, 1.165) is 10.9 Å². The number of halogens is 3. The number of rotatable bonds is 4. The molecule has 0 radical (unpaired) electrons. The number of benzene rings is 1. The van der Waals surface area contributed by atoms with Crippen molar-refractivity contribution in [1.82, 2.24) is 10.3 Å². The molecule has 0 amide bonds. The second kappa shape index (κ2) is 5.57. The molecule has 2 aromatic rings. The smallest absolute Gasteiger partial charge is 0.310 e. The van der Waals surface area contributed by atoms with Gasteiger partial charge in [-0.15, -0.1) is 0 Å². The predicted octanol–water partition coefficient (Wildman–Crippen LogP) is 3.84. The fourth-order valence-electron chi connectivity index (χ4n) is 2.06. The molecule has 1 unspecified atom stereocenters. The van der Waals surface area contributed by atoms with E-state index >= 15 is 0 Å². The van der Waals surface area contributed by atoms with Crippen molar-refractivity contribution in [2.24, 2.45) is 0 Å². The molecule has 1 aromatic heterocycles. The number of hydrogen-bond acceptors (Lipinski definition) is 2. The van der Waals surface area contributed by atoms with Crippen LogP contribution in [0.1, 0.15) is 24.9 Å². The lowest BCUT2D eigenvalue weighted by Crippen LogP contribution is -2.26. The van der Waals surface area contributed by atoms with Crippen LogP contribution in [0.2, 0.25) is 0 Å². The fraction of sp³-hybridized carbons (Fsp3) is 0.357. The van der Waals surface area contributed by atoms with Gasteiger partial charge in [0.1, 0.15) is 0 Å². The van der Waals surface area contributed by atoms with E-state index in [1.165, 1.54) is 6.20 Å². The molecule has 0 aliphatic rings. The van der Waals surface area contributed by atoms with Crippen LogP contribution in [-0.4, -0.2) is 17.7 Å². The van der Waals surface area contributed by atoms with E-state index in [4.69, 9.17) is 0 Å². The molecule has 0 spiro atoms. The van der Waals surface area contributed by atoms with Crippen molar-refractivity contribution in [2.45, 2.75) is 25.6 Å². The van der Waals surface area contributed by atoms with Crippen molar-refractivity contribution >= 4 is 10.9 Å². The normalized spacial score (nSPS) is 13.7. The molecule has 19 heavy (non-hydrogen) atoms. The average Bonchev–Trinajstić information content (AvgIpc) is 2.36. The van der Waals surface area contributed by atoms with Gasteiger partial charge in [-0.25, -0.2) is 0 Å². The predicted molar refractivity (Wildman–Crippen MR) is 68.8 cm³/mol. The number of alkyl halides is 3. The first-order chi connectivity index (χ1) is 8.99. The average molecular weight is 268 g/mol. The molecule has 102 valence electrons. The molecule has 1 aromatic carbocycles. The van der Waals surface area contributed by atoms with Crippen LogP contribution in [0.5, 0.6) is 0 Å². The third-order valence-corrected chi connectivity index (χ3v) is 2.90. The first-order valence-electron chi connectivity index (χ1n) is 6.14. The zero-order chi connectivity index (χ0) is 13.9. The van der Waals surface area contributed by atoms with Gasteiger partial charge in [0.25, 0.3) is 0 Å². The van der Waals surface area contributed by atoms with Gasteiger partial charge in [-0.2, -0.15) is 13.2 Å². The number of nitrogens with one attached hydrogen (secondary N) is 1. The SMILES string of the molecule is CCNC(CC(F)(F)F)c1cnc2ccccc2c1. The summed E-state index contributed by atoms with van der Waals surface area (Å²) in [6.07, 6.45) is -3.57. The van der Waals surface area contributed by atoms with Crippen molar-refractivity contribution in [1.29, 1.82) is 0 Å². The van der Waals surface area contributed by atoms with Crippen LogP contribution in [0.25, 0.3) is 10.9 Å². The zero-order valence-electron chi connectivity index (χ0n) is 10.5. The van der Waals surface area contributed by atoms with Gasteiger partial charge >= 0.3 is 6.18 Å². The third kappa shape index (κ3) is 3.67. The van der Waals surface area contributed by atoms with Crippen LogP contribution in [0.4, 0.5) is 13.2 Å². The summed E-state index contributed by atoms with van der Waals surface area (Å²) in [7, 11) is 0. The molecular formula is C14H15F3N2. The second-order valence-corrected chi connectivity index (χ2v) is 4.39. The highest BCUT2D eigenvalue weighted by atomic mass is 19.4. The van der Waals surface area contributed by atoms with Gasteiger partial charge in [0.05, 0.1) is 11.9 Å². The first kappa shape index (κ1) is 13.8. The summed E-state index contributed by atoms with van der Waals surface area (Å²) in [6.45, 7) is 2.27. The van der Waals surface area contributed by atoms with Crippen LogP contribution < -0.4 is 5.32 Å². The Kier molecular flexibility index (Phi) is 4.04. The Labute approximate surface area is 109 Å². The molecule has 0 bridgehead atoms. The standard InChI is InChI=1S/C14H15F3N2/c1-2-18-13(8-14(15,16)17)11-7-10-5-3-4-6-12(10)19-9-11/h3-7,9,13,18H,2,8H2,1H3. The Morgan fingerprint density at radius 2 is 2.00 bits per heavy atom. The number of hydrogen-bond donors (Lipinski definition) is 1. The number of nitrogens with zero attached hydrogens (tertiary/aromatic N) is 1. The maximum atomic E-state index is 12.6. The summed E-state index contributed by atoms with van der Waals surface area (Å²) >= 11 is 0. The molecule has 1 heterocycles. The molecule has 0 aliphatic heterocycles. The highest BCUT2D eigenvalue weighted by Gasteiger charge is 2.32. The molecule has 5 heteroatoms. The number of fused-ring (bicyclic) bond motifs is 1. The van der Waals surface area contributed by atoms with Crippen molar-refractivity contribution < 1.29 is 13.2 Å². The van der Waals surface area contributed by atoms with Crippen LogP contribution in [0.3, 0.4) is 0 Å². The highest BCUT2D eigenvalue weighted by Crippen LogP contribution is 2.30. The molecule has 0 fully saturated rings. The molecule has 0 aliphatic carbocycles. The largest absolute Gasteiger partial charge is 0.390 e. The van der Waals surface area contributed by atoms with Crippen molar-refractivity contribution in [2.75, 3.05) is 6.54 Å². The van der Waals surface area contributed by atoms with Gasteiger partial charge in [0.2, 0.25) is 0 Å². The molecule has 2 rings (SSSR count). The van der Waals surface area contributed by atoms with Gasteiger partial charge in [-0.05, 0) is 24.2 Å². The molecule has 1 atom stereocenters.